The molecule has 2 rings (SSSR count). The molecule has 0 aliphatic rings. The number of halogens is 1. The Morgan fingerprint density at radius 3 is 2.61 bits per heavy atom. The van der Waals surface area contributed by atoms with Crippen molar-refractivity contribution in [3.05, 3.63) is 22.7 Å². The maximum atomic E-state index is 5.80. The van der Waals surface area contributed by atoms with E-state index in [-0.39, 0.29) is 0 Å². The van der Waals surface area contributed by atoms with E-state index in [1.165, 1.54) is 0 Å². The Hall–Kier alpha value is -1.14. The molecule has 0 radical (unpaired) electrons. The number of rotatable bonds is 3. The number of aromatic nitrogens is 2. The van der Waals surface area contributed by atoms with Gasteiger partial charge in [-0.1, -0.05) is 0 Å². The third-order valence-electron chi connectivity index (χ3n) is 2.65. The van der Waals surface area contributed by atoms with Gasteiger partial charge in [-0.05, 0) is 34.3 Å². The van der Waals surface area contributed by atoms with Gasteiger partial charge in [-0.3, -0.25) is 4.68 Å². The van der Waals surface area contributed by atoms with E-state index in [1.807, 2.05) is 25.4 Å². The monoisotopic (exact) mass is 327 g/mol. The zero-order valence-electron chi connectivity index (χ0n) is 10.4. The van der Waals surface area contributed by atoms with Gasteiger partial charge in [-0.25, -0.2) is 0 Å². The Bertz CT molecular complexity index is 563. The number of aryl methyl sites for hydroxylation is 1. The molecule has 1 heterocycles. The van der Waals surface area contributed by atoms with E-state index < -0.39 is 0 Å². The van der Waals surface area contributed by atoms with Gasteiger partial charge in [0.15, 0.2) is 0 Å². The van der Waals surface area contributed by atoms with Crippen LogP contribution in [-0.2, 0) is 7.05 Å². The fraction of sp³-hybridized carbons (Fsp3) is 0.250. The highest BCUT2D eigenvalue weighted by atomic mass is 79.9. The molecule has 2 aromatic rings. The molecule has 0 bridgehead atoms. The molecule has 0 aliphatic heterocycles. The molecule has 1 aromatic heterocycles. The molecule has 0 amide bonds. The lowest BCUT2D eigenvalue weighted by Gasteiger charge is -2.10. The van der Waals surface area contributed by atoms with Crippen molar-refractivity contribution in [2.24, 2.45) is 7.05 Å². The number of benzene rings is 1. The first-order valence-corrected chi connectivity index (χ1v) is 7.30. The summed E-state index contributed by atoms with van der Waals surface area (Å²) in [5.41, 5.74) is 7.67. The Balaban J connectivity index is 2.55. The number of methoxy groups -OCH3 is 1. The standard InChI is InChI=1S/C12H14BrN3OS/c1-16-11(14)6-9(15-16)7-4-8(13)12(17-2)10(5-7)18-3/h4-6H,14H2,1-3H3. The zero-order valence-corrected chi connectivity index (χ0v) is 12.8. The normalized spacial score (nSPS) is 10.7. The van der Waals surface area contributed by atoms with Gasteiger partial charge in [-0.2, -0.15) is 5.10 Å². The van der Waals surface area contributed by atoms with Crippen LogP contribution in [0.3, 0.4) is 0 Å². The quantitative estimate of drug-likeness (QED) is 0.880. The number of nitrogens with zero attached hydrogens (tertiary/aromatic N) is 2. The van der Waals surface area contributed by atoms with Gasteiger partial charge in [0, 0.05) is 18.7 Å². The lowest BCUT2D eigenvalue weighted by atomic mass is 10.1. The summed E-state index contributed by atoms with van der Waals surface area (Å²) >= 11 is 5.15. The van der Waals surface area contributed by atoms with Crippen LogP contribution >= 0.6 is 27.7 Å². The lowest BCUT2D eigenvalue weighted by molar-refractivity contribution is 0.402. The smallest absolute Gasteiger partial charge is 0.146 e. The summed E-state index contributed by atoms with van der Waals surface area (Å²) in [5, 5.41) is 4.37. The SMILES string of the molecule is COc1c(Br)cc(-c2cc(N)n(C)n2)cc1SC. The first kappa shape index (κ1) is 13.3. The van der Waals surface area contributed by atoms with Gasteiger partial charge in [0.2, 0.25) is 0 Å². The minimum absolute atomic E-state index is 0.641. The van der Waals surface area contributed by atoms with Crippen molar-refractivity contribution >= 4 is 33.5 Å². The average molecular weight is 328 g/mol. The maximum absolute atomic E-state index is 5.80. The Kier molecular flexibility index (Phi) is 3.87. The van der Waals surface area contributed by atoms with Crippen LogP contribution in [0, 0.1) is 0 Å². The van der Waals surface area contributed by atoms with Gasteiger partial charge in [0.1, 0.15) is 11.6 Å². The highest BCUT2D eigenvalue weighted by Gasteiger charge is 2.12. The van der Waals surface area contributed by atoms with Crippen LogP contribution < -0.4 is 10.5 Å². The van der Waals surface area contributed by atoms with E-state index in [1.54, 1.807) is 23.6 Å². The summed E-state index contributed by atoms with van der Waals surface area (Å²) in [6.45, 7) is 0. The van der Waals surface area contributed by atoms with Gasteiger partial charge >= 0.3 is 0 Å². The number of ether oxygens (including phenoxy) is 1. The molecule has 0 aliphatic carbocycles. The molecule has 0 unspecified atom stereocenters. The topological polar surface area (TPSA) is 53.1 Å². The van der Waals surface area contributed by atoms with E-state index in [2.05, 4.69) is 27.1 Å². The van der Waals surface area contributed by atoms with Crippen LogP contribution in [0.5, 0.6) is 5.75 Å². The molecule has 0 saturated heterocycles. The van der Waals surface area contributed by atoms with Crippen LogP contribution in [0.4, 0.5) is 5.82 Å². The molecular weight excluding hydrogens is 314 g/mol. The van der Waals surface area contributed by atoms with Crippen molar-refractivity contribution in [1.29, 1.82) is 0 Å². The zero-order chi connectivity index (χ0) is 13.3. The Morgan fingerprint density at radius 1 is 1.39 bits per heavy atom. The van der Waals surface area contributed by atoms with Crippen molar-refractivity contribution in [3.8, 4) is 17.0 Å². The molecule has 0 fully saturated rings. The highest BCUT2D eigenvalue weighted by Crippen LogP contribution is 2.38. The summed E-state index contributed by atoms with van der Waals surface area (Å²) in [6.07, 6.45) is 2.01. The maximum Gasteiger partial charge on any atom is 0.146 e. The molecule has 0 atom stereocenters. The summed E-state index contributed by atoms with van der Waals surface area (Å²) in [4.78, 5) is 1.06. The largest absolute Gasteiger partial charge is 0.494 e. The van der Waals surface area contributed by atoms with E-state index >= 15 is 0 Å². The second-order valence-electron chi connectivity index (χ2n) is 3.77. The van der Waals surface area contributed by atoms with E-state index in [9.17, 15) is 0 Å². The van der Waals surface area contributed by atoms with E-state index in [4.69, 9.17) is 10.5 Å². The van der Waals surface area contributed by atoms with Crippen LogP contribution in [0.1, 0.15) is 0 Å². The molecule has 2 N–H and O–H groups in total. The summed E-state index contributed by atoms with van der Waals surface area (Å²) in [7, 11) is 3.49. The molecule has 0 saturated carbocycles. The lowest BCUT2D eigenvalue weighted by Crippen LogP contribution is -1.96. The van der Waals surface area contributed by atoms with Crippen LogP contribution in [-0.4, -0.2) is 23.1 Å². The molecular formula is C12H14BrN3OS. The number of nitrogen functional groups attached to an aromatic ring is 1. The number of hydrogen-bond donors (Lipinski definition) is 1. The van der Waals surface area contributed by atoms with Crippen molar-refractivity contribution in [2.45, 2.75) is 4.90 Å². The van der Waals surface area contributed by atoms with Crippen LogP contribution in [0.15, 0.2) is 27.6 Å². The number of thioether (sulfide) groups is 1. The summed E-state index contributed by atoms with van der Waals surface area (Å²) in [5.74, 6) is 1.48. The fourth-order valence-electron chi connectivity index (χ4n) is 1.69. The third-order valence-corrected chi connectivity index (χ3v) is 3.98. The molecule has 6 heteroatoms. The molecule has 4 nitrogen and oxygen atoms in total. The molecule has 1 aromatic carbocycles. The first-order valence-electron chi connectivity index (χ1n) is 5.28. The van der Waals surface area contributed by atoms with Gasteiger partial charge < -0.3 is 10.5 Å². The van der Waals surface area contributed by atoms with E-state index in [0.29, 0.717) is 5.82 Å². The summed E-state index contributed by atoms with van der Waals surface area (Å²) in [6, 6.07) is 5.90. The number of anilines is 1. The average Bonchev–Trinajstić information content (AvgIpc) is 2.68. The second kappa shape index (κ2) is 5.24. The number of nitrogens with two attached hydrogens (primary N) is 1. The van der Waals surface area contributed by atoms with Gasteiger partial charge in [0.05, 0.1) is 22.2 Å². The van der Waals surface area contributed by atoms with Crippen LogP contribution in [0.2, 0.25) is 0 Å². The number of hydrogen-bond acceptors (Lipinski definition) is 4. The molecule has 0 spiro atoms. The minimum Gasteiger partial charge on any atom is -0.494 e. The van der Waals surface area contributed by atoms with E-state index in [0.717, 1.165) is 26.4 Å². The van der Waals surface area contributed by atoms with Gasteiger partial charge in [-0.15, -0.1) is 11.8 Å². The van der Waals surface area contributed by atoms with Crippen molar-refractivity contribution in [2.75, 3.05) is 19.1 Å². The molecule has 18 heavy (non-hydrogen) atoms. The van der Waals surface area contributed by atoms with Gasteiger partial charge in [0.25, 0.3) is 0 Å². The second-order valence-corrected chi connectivity index (χ2v) is 5.47. The fourth-order valence-corrected chi connectivity index (χ4v) is 3.07. The molecule has 96 valence electrons. The predicted octanol–water partition coefficient (Wildman–Crippen LogP) is 3.16. The van der Waals surface area contributed by atoms with Crippen molar-refractivity contribution in [1.82, 2.24) is 9.78 Å². The highest BCUT2D eigenvalue weighted by molar-refractivity contribution is 9.10. The van der Waals surface area contributed by atoms with Crippen molar-refractivity contribution in [3.63, 3.8) is 0 Å². The Labute approximate surface area is 119 Å². The minimum atomic E-state index is 0.641. The van der Waals surface area contributed by atoms with Crippen molar-refractivity contribution < 1.29 is 4.74 Å². The predicted molar refractivity (Wildman–Crippen MR) is 79.1 cm³/mol. The first-order chi connectivity index (χ1) is 8.56. The Morgan fingerprint density at radius 2 is 2.11 bits per heavy atom. The van der Waals surface area contributed by atoms with Crippen LogP contribution in [0.25, 0.3) is 11.3 Å². The third kappa shape index (κ3) is 2.35. The summed E-state index contributed by atoms with van der Waals surface area (Å²) < 4.78 is 7.94.